The van der Waals surface area contributed by atoms with Crippen molar-refractivity contribution in [3.05, 3.63) is 68.4 Å². The fourth-order valence-corrected chi connectivity index (χ4v) is 2.87. The maximum atomic E-state index is 13.4. The summed E-state index contributed by atoms with van der Waals surface area (Å²) in [5.41, 5.74) is 3.17. The van der Waals surface area contributed by atoms with Gasteiger partial charge in [-0.3, -0.25) is 0 Å². The quantitative estimate of drug-likeness (QED) is 0.808. The molecular formula is C16H16BrClFN. The second-order valence-electron chi connectivity index (χ2n) is 4.74. The normalized spacial score (nSPS) is 12.4. The lowest BCUT2D eigenvalue weighted by atomic mass is 9.95. The van der Waals surface area contributed by atoms with Gasteiger partial charge in [-0.1, -0.05) is 39.7 Å². The summed E-state index contributed by atoms with van der Waals surface area (Å²) in [5, 5.41) is 3.88. The predicted molar refractivity (Wildman–Crippen MR) is 85.8 cm³/mol. The molecule has 0 aliphatic heterocycles. The summed E-state index contributed by atoms with van der Waals surface area (Å²) in [6, 6.07) is 10.7. The molecule has 0 saturated carbocycles. The average Bonchev–Trinajstić information content (AvgIpc) is 2.43. The highest BCUT2D eigenvalue weighted by molar-refractivity contribution is 9.10. The highest BCUT2D eigenvalue weighted by Crippen LogP contribution is 2.29. The fraction of sp³-hybridized carbons (Fsp3) is 0.250. The number of hydrogen-bond donors (Lipinski definition) is 1. The molecule has 0 spiro atoms. The molecule has 2 aromatic rings. The van der Waals surface area contributed by atoms with E-state index in [1.165, 1.54) is 23.3 Å². The molecule has 0 fully saturated rings. The second-order valence-corrected chi connectivity index (χ2v) is 6.00. The molecule has 106 valence electrons. The molecule has 4 heteroatoms. The van der Waals surface area contributed by atoms with Gasteiger partial charge in [0.05, 0.1) is 0 Å². The summed E-state index contributed by atoms with van der Waals surface area (Å²) < 4.78 is 14.4. The Morgan fingerprint density at radius 1 is 1.30 bits per heavy atom. The summed E-state index contributed by atoms with van der Waals surface area (Å²) in [6.45, 7) is 2.07. The third kappa shape index (κ3) is 3.40. The Hall–Kier alpha value is -0.900. The number of hydrogen-bond acceptors (Lipinski definition) is 1. The molecule has 0 aliphatic carbocycles. The minimum Gasteiger partial charge on any atom is -0.313 e. The average molecular weight is 357 g/mol. The molecule has 0 radical (unpaired) electrons. The smallest absolute Gasteiger partial charge is 0.123 e. The van der Waals surface area contributed by atoms with Crippen molar-refractivity contribution in [2.75, 3.05) is 7.05 Å². The number of halogens is 3. The van der Waals surface area contributed by atoms with Gasteiger partial charge in [0.1, 0.15) is 5.82 Å². The van der Waals surface area contributed by atoms with E-state index in [9.17, 15) is 4.39 Å². The molecule has 0 saturated heterocycles. The van der Waals surface area contributed by atoms with Crippen molar-refractivity contribution in [2.45, 2.75) is 19.4 Å². The third-order valence-electron chi connectivity index (χ3n) is 3.47. The highest BCUT2D eigenvalue weighted by atomic mass is 79.9. The first-order valence-electron chi connectivity index (χ1n) is 6.39. The van der Waals surface area contributed by atoms with E-state index in [0.717, 1.165) is 10.0 Å². The molecule has 2 rings (SSSR count). The molecular weight excluding hydrogens is 341 g/mol. The number of nitrogens with one attached hydrogen (secondary N) is 1. The van der Waals surface area contributed by atoms with Crippen LogP contribution >= 0.6 is 27.5 Å². The standard InChI is InChI=1S/C16H16BrClFN/c1-10-13(4-3-5-14(10)17)16(20-2)9-11-8-12(19)6-7-15(11)18/h3-8,16,20H,9H2,1-2H3. The van der Waals surface area contributed by atoms with Crippen molar-refractivity contribution in [1.29, 1.82) is 0 Å². The van der Waals surface area contributed by atoms with Crippen molar-refractivity contribution in [3.63, 3.8) is 0 Å². The van der Waals surface area contributed by atoms with Crippen LogP contribution in [0.25, 0.3) is 0 Å². The van der Waals surface area contributed by atoms with E-state index >= 15 is 0 Å². The minimum absolute atomic E-state index is 0.0896. The first-order valence-corrected chi connectivity index (χ1v) is 7.56. The van der Waals surface area contributed by atoms with Crippen LogP contribution in [0.3, 0.4) is 0 Å². The van der Waals surface area contributed by atoms with Crippen LogP contribution in [-0.2, 0) is 6.42 Å². The van der Waals surface area contributed by atoms with E-state index in [0.29, 0.717) is 11.4 Å². The maximum absolute atomic E-state index is 13.4. The largest absolute Gasteiger partial charge is 0.313 e. The van der Waals surface area contributed by atoms with Gasteiger partial charge in [-0.2, -0.15) is 0 Å². The molecule has 2 aromatic carbocycles. The van der Waals surface area contributed by atoms with Gasteiger partial charge in [0.15, 0.2) is 0 Å². The Morgan fingerprint density at radius 2 is 2.05 bits per heavy atom. The zero-order valence-electron chi connectivity index (χ0n) is 11.4. The monoisotopic (exact) mass is 355 g/mol. The van der Waals surface area contributed by atoms with E-state index in [2.05, 4.69) is 34.2 Å². The summed E-state index contributed by atoms with van der Waals surface area (Å²) in [4.78, 5) is 0. The van der Waals surface area contributed by atoms with Gasteiger partial charge >= 0.3 is 0 Å². The van der Waals surface area contributed by atoms with Crippen molar-refractivity contribution in [2.24, 2.45) is 0 Å². The van der Waals surface area contributed by atoms with E-state index in [1.807, 2.05) is 19.2 Å². The van der Waals surface area contributed by atoms with E-state index in [4.69, 9.17) is 11.6 Å². The zero-order valence-corrected chi connectivity index (χ0v) is 13.7. The lowest BCUT2D eigenvalue weighted by molar-refractivity contribution is 0.581. The lowest BCUT2D eigenvalue weighted by Crippen LogP contribution is -2.20. The molecule has 0 aliphatic rings. The zero-order chi connectivity index (χ0) is 14.7. The maximum Gasteiger partial charge on any atom is 0.123 e. The van der Waals surface area contributed by atoms with Gasteiger partial charge in [0.25, 0.3) is 0 Å². The molecule has 1 unspecified atom stereocenters. The molecule has 0 bridgehead atoms. The van der Waals surface area contributed by atoms with Crippen LogP contribution < -0.4 is 5.32 Å². The van der Waals surface area contributed by atoms with Crippen LogP contribution in [0.2, 0.25) is 5.02 Å². The Kier molecular flexibility index (Phi) is 5.19. The molecule has 1 N–H and O–H groups in total. The van der Waals surface area contributed by atoms with Crippen LogP contribution in [0, 0.1) is 12.7 Å². The first kappa shape index (κ1) is 15.5. The van der Waals surface area contributed by atoms with Crippen LogP contribution in [0.1, 0.15) is 22.7 Å². The molecule has 1 nitrogen and oxygen atoms in total. The summed E-state index contributed by atoms with van der Waals surface area (Å²) in [6.07, 6.45) is 0.643. The SMILES string of the molecule is CNC(Cc1cc(F)ccc1Cl)c1cccc(Br)c1C. The number of rotatable bonds is 4. The summed E-state index contributed by atoms with van der Waals surface area (Å²) in [7, 11) is 1.90. The molecule has 20 heavy (non-hydrogen) atoms. The lowest BCUT2D eigenvalue weighted by Gasteiger charge is -2.20. The van der Waals surface area contributed by atoms with Crippen molar-refractivity contribution < 1.29 is 4.39 Å². The van der Waals surface area contributed by atoms with Crippen molar-refractivity contribution in [1.82, 2.24) is 5.32 Å². The van der Waals surface area contributed by atoms with Crippen LogP contribution in [0.4, 0.5) is 4.39 Å². The predicted octanol–water partition coefficient (Wildman–Crippen LogP) is 5.05. The first-order chi connectivity index (χ1) is 9.52. The third-order valence-corrected chi connectivity index (χ3v) is 4.69. The Bertz CT molecular complexity index is 615. The van der Waals surface area contributed by atoms with E-state index in [1.54, 1.807) is 6.07 Å². The van der Waals surface area contributed by atoms with Crippen molar-refractivity contribution >= 4 is 27.5 Å². The molecule has 0 aromatic heterocycles. The Balaban J connectivity index is 2.34. The second kappa shape index (κ2) is 6.70. The topological polar surface area (TPSA) is 12.0 Å². The van der Waals surface area contributed by atoms with Gasteiger partial charge in [-0.25, -0.2) is 4.39 Å². The highest BCUT2D eigenvalue weighted by Gasteiger charge is 2.15. The number of benzene rings is 2. The van der Waals surface area contributed by atoms with Gasteiger partial charge in [-0.15, -0.1) is 0 Å². The molecule has 0 heterocycles. The van der Waals surface area contributed by atoms with E-state index in [-0.39, 0.29) is 11.9 Å². The summed E-state index contributed by atoms with van der Waals surface area (Å²) >= 11 is 9.69. The van der Waals surface area contributed by atoms with Gasteiger partial charge in [0, 0.05) is 15.5 Å². The van der Waals surface area contributed by atoms with Crippen LogP contribution in [0.15, 0.2) is 40.9 Å². The van der Waals surface area contributed by atoms with Gasteiger partial charge < -0.3 is 5.32 Å². The van der Waals surface area contributed by atoms with Crippen LogP contribution in [-0.4, -0.2) is 7.05 Å². The van der Waals surface area contributed by atoms with Crippen molar-refractivity contribution in [3.8, 4) is 0 Å². The van der Waals surface area contributed by atoms with Crippen LogP contribution in [0.5, 0.6) is 0 Å². The summed E-state index contributed by atoms with van der Waals surface area (Å²) in [5.74, 6) is -0.259. The molecule has 1 atom stereocenters. The Morgan fingerprint density at radius 3 is 2.75 bits per heavy atom. The van der Waals surface area contributed by atoms with Gasteiger partial charge in [0.2, 0.25) is 0 Å². The van der Waals surface area contributed by atoms with Gasteiger partial charge in [-0.05, 0) is 61.3 Å². The Labute approximate surface area is 132 Å². The van der Waals surface area contributed by atoms with E-state index < -0.39 is 0 Å². The fourth-order valence-electron chi connectivity index (χ4n) is 2.29. The molecule has 0 amide bonds. The number of likely N-dealkylation sites (N-methyl/N-ethyl adjacent to an activating group) is 1. The minimum atomic E-state index is -0.259.